The summed E-state index contributed by atoms with van der Waals surface area (Å²) in [4.78, 5) is 4.39. The first-order chi connectivity index (χ1) is 13.8. The number of aromatic nitrogens is 2. The molecular weight excluding hydrogens is 362 g/mol. The van der Waals surface area contributed by atoms with E-state index in [-0.39, 0.29) is 6.04 Å². The molecule has 0 spiro atoms. The smallest absolute Gasteiger partial charge is 0.244 e. The van der Waals surface area contributed by atoms with Crippen LogP contribution in [0, 0.1) is 33.6 Å². The molecule has 0 aliphatic rings. The van der Waals surface area contributed by atoms with E-state index in [0.29, 0.717) is 24.2 Å². The van der Waals surface area contributed by atoms with Crippen LogP contribution in [-0.2, 0) is 13.2 Å². The van der Waals surface area contributed by atoms with Gasteiger partial charge < -0.3 is 14.6 Å². The Balaban J connectivity index is 1.69. The van der Waals surface area contributed by atoms with Crippen LogP contribution in [0.2, 0.25) is 0 Å². The molecule has 0 aliphatic heterocycles. The SMILES string of the molecule is Cc1noc(C(NCc2cc(C)c(OCc3ccccc3C)c(C)c2)C(C)C)n1. The van der Waals surface area contributed by atoms with Crippen molar-refractivity contribution in [1.82, 2.24) is 15.5 Å². The molecule has 0 saturated heterocycles. The minimum atomic E-state index is 0.0220. The molecule has 0 amide bonds. The largest absolute Gasteiger partial charge is 0.488 e. The van der Waals surface area contributed by atoms with Gasteiger partial charge in [0.05, 0.1) is 6.04 Å². The summed E-state index contributed by atoms with van der Waals surface area (Å²) >= 11 is 0. The van der Waals surface area contributed by atoms with E-state index < -0.39 is 0 Å². The van der Waals surface area contributed by atoms with Crippen molar-refractivity contribution in [2.45, 2.75) is 60.7 Å². The van der Waals surface area contributed by atoms with E-state index in [9.17, 15) is 0 Å². The maximum Gasteiger partial charge on any atom is 0.244 e. The lowest BCUT2D eigenvalue weighted by molar-refractivity contribution is 0.286. The maximum absolute atomic E-state index is 6.17. The molecule has 1 atom stereocenters. The van der Waals surface area contributed by atoms with E-state index in [0.717, 1.165) is 23.4 Å². The number of hydrogen-bond acceptors (Lipinski definition) is 5. The molecular formula is C24H31N3O2. The lowest BCUT2D eigenvalue weighted by Gasteiger charge is -2.20. The van der Waals surface area contributed by atoms with Gasteiger partial charge in [-0.15, -0.1) is 0 Å². The third-order valence-corrected chi connectivity index (χ3v) is 5.16. The van der Waals surface area contributed by atoms with Crippen molar-refractivity contribution in [2.75, 3.05) is 0 Å². The predicted octanol–water partition coefficient (Wildman–Crippen LogP) is 5.37. The topological polar surface area (TPSA) is 60.2 Å². The Morgan fingerprint density at radius 2 is 1.69 bits per heavy atom. The molecule has 1 aromatic heterocycles. The molecule has 29 heavy (non-hydrogen) atoms. The average Bonchev–Trinajstić information content (AvgIpc) is 3.08. The summed E-state index contributed by atoms with van der Waals surface area (Å²) in [5, 5.41) is 7.49. The number of hydrogen-bond donors (Lipinski definition) is 1. The van der Waals surface area contributed by atoms with Crippen molar-refractivity contribution < 1.29 is 9.26 Å². The number of ether oxygens (including phenoxy) is 1. The fourth-order valence-corrected chi connectivity index (χ4v) is 3.57. The van der Waals surface area contributed by atoms with Crippen LogP contribution in [0.4, 0.5) is 0 Å². The van der Waals surface area contributed by atoms with Crippen molar-refractivity contribution in [2.24, 2.45) is 5.92 Å². The molecule has 1 N–H and O–H groups in total. The third-order valence-electron chi connectivity index (χ3n) is 5.16. The van der Waals surface area contributed by atoms with Crippen LogP contribution < -0.4 is 10.1 Å². The highest BCUT2D eigenvalue weighted by Gasteiger charge is 2.21. The Bertz CT molecular complexity index is 939. The molecule has 0 fully saturated rings. The van der Waals surface area contributed by atoms with Gasteiger partial charge in [0, 0.05) is 6.54 Å². The fraction of sp³-hybridized carbons (Fsp3) is 0.417. The van der Waals surface area contributed by atoms with E-state index in [1.165, 1.54) is 16.7 Å². The average molecular weight is 394 g/mol. The summed E-state index contributed by atoms with van der Waals surface area (Å²) in [6.45, 7) is 13.8. The Kier molecular flexibility index (Phi) is 6.70. The van der Waals surface area contributed by atoms with Gasteiger partial charge in [-0.1, -0.05) is 55.4 Å². The van der Waals surface area contributed by atoms with Gasteiger partial charge in [-0.05, 0) is 61.4 Å². The van der Waals surface area contributed by atoms with Gasteiger partial charge in [-0.3, -0.25) is 0 Å². The molecule has 5 heteroatoms. The molecule has 0 radical (unpaired) electrons. The minimum absolute atomic E-state index is 0.0220. The van der Waals surface area contributed by atoms with Gasteiger partial charge in [0.25, 0.3) is 0 Å². The summed E-state index contributed by atoms with van der Waals surface area (Å²) < 4.78 is 11.6. The highest BCUT2D eigenvalue weighted by molar-refractivity contribution is 5.43. The molecule has 0 saturated carbocycles. The first-order valence-corrected chi connectivity index (χ1v) is 10.2. The van der Waals surface area contributed by atoms with Gasteiger partial charge in [0.1, 0.15) is 12.4 Å². The van der Waals surface area contributed by atoms with Gasteiger partial charge in [0.2, 0.25) is 5.89 Å². The van der Waals surface area contributed by atoms with Gasteiger partial charge in [0.15, 0.2) is 5.82 Å². The van der Waals surface area contributed by atoms with Gasteiger partial charge in [-0.25, -0.2) is 0 Å². The Hall–Kier alpha value is -2.66. The second kappa shape index (κ2) is 9.23. The van der Waals surface area contributed by atoms with Crippen molar-refractivity contribution >= 4 is 0 Å². The van der Waals surface area contributed by atoms with E-state index in [1.54, 1.807) is 0 Å². The van der Waals surface area contributed by atoms with Crippen molar-refractivity contribution in [3.8, 4) is 5.75 Å². The molecule has 2 aromatic carbocycles. The summed E-state index contributed by atoms with van der Waals surface area (Å²) in [7, 11) is 0. The number of nitrogens with one attached hydrogen (secondary N) is 1. The van der Waals surface area contributed by atoms with Gasteiger partial charge in [-0.2, -0.15) is 4.98 Å². The molecule has 5 nitrogen and oxygen atoms in total. The standard InChI is InChI=1S/C24H31N3O2/c1-15(2)22(24-26-19(6)27-29-24)25-13-20-11-17(4)23(18(5)12-20)28-14-21-10-8-7-9-16(21)3/h7-12,15,22,25H,13-14H2,1-6H3. The van der Waals surface area contributed by atoms with Crippen LogP contribution in [0.5, 0.6) is 5.75 Å². The van der Waals surface area contributed by atoms with E-state index in [4.69, 9.17) is 9.26 Å². The molecule has 1 heterocycles. The third kappa shape index (κ3) is 5.24. The van der Waals surface area contributed by atoms with E-state index >= 15 is 0 Å². The zero-order chi connectivity index (χ0) is 21.0. The highest BCUT2D eigenvalue weighted by Crippen LogP contribution is 2.27. The molecule has 0 aliphatic carbocycles. The fourth-order valence-electron chi connectivity index (χ4n) is 3.57. The van der Waals surface area contributed by atoms with Gasteiger partial charge >= 0.3 is 0 Å². The van der Waals surface area contributed by atoms with Crippen LogP contribution >= 0.6 is 0 Å². The Labute approximate surface area is 173 Å². The number of nitrogens with zero attached hydrogens (tertiary/aromatic N) is 2. The highest BCUT2D eigenvalue weighted by atomic mass is 16.5. The quantitative estimate of drug-likeness (QED) is 0.557. The van der Waals surface area contributed by atoms with Crippen LogP contribution in [-0.4, -0.2) is 10.1 Å². The monoisotopic (exact) mass is 393 g/mol. The summed E-state index contributed by atoms with van der Waals surface area (Å²) in [6, 6.07) is 12.7. The summed E-state index contributed by atoms with van der Waals surface area (Å²) in [6.07, 6.45) is 0. The molecule has 1 unspecified atom stereocenters. The van der Waals surface area contributed by atoms with Crippen molar-refractivity contribution in [3.63, 3.8) is 0 Å². The molecule has 0 bridgehead atoms. The molecule has 154 valence electrons. The predicted molar refractivity (Wildman–Crippen MR) is 115 cm³/mol. The van der Waals surface area contributed by atoms with Crippen LogP contribution in [0.1, 0.15) is 59.4 Å². The summed E-state index contributed by atoms with van der Waals surface area (Å²) in [5.41, 5.74) is 5.96. The zero-order valence-electron chi connectivity index (χ0n) is 18.2. The number of aryl methyl sites for hydroxylation is 4. The van der Waals surface area contributed by atoms with Crippen molar-refractivity contribution in [3.05, 3.63) is 75.9 Å². The lowest BCUT2D eigenvalue weighted by Crippen LogP contribution is -2.25. The zero-order valence-corrected chi connectivity index (χ0v) is 18.2. The number of benzene rings is 2. The maximum atomic E-state index is 6.17. The van der Waals surface area contributed by atoms with Crippen LogP contribution in [0.15, 0.2) is 40.9 Å². The molecule has 3 rings (SSSR count). The van der Waals surface area contributed by atoms with E-state index in [2.05, 4.69) is 86.5 Å². The Morgan fingerprint density at radius 3 is 2.28 bits per heavy atom. The minimum Gasteiger partial charge on any atom is -0.488 e. The second-order valence-corrected chi connectivity index (χ2v) is 8.06. The first-order valence-electron chi connectivity index (χ1n) is 10.2. The second-order valence-electron chi connectivity index (χ2n) is 8.06. The normalized spacial score (nSPS) is 12.4. The first kappa shape index (κ1) is 21.1. The van der Waals surface area contributed by atoms with Crippen LogP contribution in [0.3, 0.4) is 0 Å². The Morgan fingerprint density at radius 1 is 1.00 bits per heavy atom. The number of rotatable bonds is 8. The summed E-state index contributed by atoms with van der Waals surface area (Å²) in [5.74, 6) is 2.61. The van der Waals surface area contributed by atoms with E-state index in [1.807, 2.05) is 6.92 Å². The van der Waals surface area contributed by atoms with Crippen molar-refractivity contribution in [1.29, 1.82) is 0 Å². The lowest BCUT2D eigenvalue weighted by atomic mass is 10.0. The molecule has 3 aromatic rings. The van der Waals surface area contributed by atoms with Crippen LogP contribution in [0.25, 0.3) is 0 Å².